The highest BCUT2D eigenvalue weighted by atomic mass is 35.5. The summed E-state index contributed by atoms with van der Waals surface area (Å²) in [5, 5.41) is 11.5. The largest absolute Gasteiger partial charge is 0.496 e. The van der Waals surface area contributed by atoms with Gasteiger partial charge in [-0.25, -0.2) is 0 Å². The smallest absolute Gasteiger partial charge is 0.271 e. The van der Waals surface area contributed by atoms with E-state index in [-0.39, 0.29) is 34.5 Å². The zero-order valence-electron chi connectivity index (χ0n) is 16.3. The van der Waals surface area contributed by atoms with Crippen molar-refractivity contribution in [3.05, 3.63) is 74.4 Å². The van der Waals surface area contributed by atoms with E-state index in [4.69, 9.17) is 16.3 Å². The molecule has 1 heterocycles. The Balaban J connectivity index is 1.91. The number of anilines is 1. The number of halogens is 1. The number of nitro groups is 1. The van der Waals surface area contributed by atoms with Crippen LogP contribution in [0.1, 0.15) is 37.2 Å². The normalized spacial score (nSPS) is 19.0. The van der Waals surface area contributed by atoms with Crippen molar-refractivity contribution in [3.63, 3.8) is 0 Å². The molecule has 8 heteroatoms. The Bertz CT molecular complexity index is 1090. The van der Waals surface area contributed by atoms with E-state index in [2.05, 4.69) is 0 Å². The molecule has 0 saturated heterocycles. The average Bonchev–Trinajstić information content (AvgIpc) is 2.74. The van der Waals surface area contributed by atoms with Gasteiger partial charge in [-0.1, -0.05) is 29.8 Å². The molecule has 154 valence electrons. The third kappa shape index (κ3) is 3.35. The van der Waals surface area contributed by atoms with Gasteiger partial charge < -0.3 is 4.74 Å². The summed E-state index contributed by atoms with van der Waals surface area (Å²) in [7, 11) is 1.55. The summed E-state index contributed by atoms with van der Waals surface area (Å²) in [6.07, 6.45) is 1.56. The maximum absolute atomic E-state index is 13.3. The van der Waals surface area contributed by atoms with Gasteiger partial charge in [0.15, 0.2) is 5.78 Å². The number of hydrogen-bond acceptors (Lipinski definition) is 5. The Morgan fingerprint density at radius 3 is 2.67 bits per heavy atom. The van der Waals surface area contributed by atoms with Crippen LogP contribution >= 0.6 is 11.6 Å². The van der Waals surface area contributed by atoms with Crippen LogP contribution in [-0.4, -0.2) is 23.7 Å². The number of nitro benzene ring substituents is 1. The minimum Gasteiger partial charge on any atom is -0.496 e. The summed E-state index contributed by atoms with van der Waals surface area (Å²) in [6.45, 7) is 0. The van der Waals surface area contributed by atoms with Crippen molar-refractivity contribution in [2.45, 2.75) is 31.6 Å². The summed E-state index contributed by atoms with van der Waals surface area (Å²) in [5.41, 5.74) is 1.98. The summed E-state index contributed by atoms with van der Waals surface area (Å²) in [6, 6.07) is 11.3. The van der Waals surface area contributed by atoms with Crippen LogP contribution in [-0.2, 0) is 9.59 Å². The van der Waals surface area contributed by atoms with E-state index in [1.165, 1.54) is 23.1 Å². The lowest BCUT2D eigenvalue weighted by atomic mass is 9.77. The number of carbonyl (C=O) groups excluding carboxylic acids is 2. The standard InChI is InChI=1S/C22H19ClN2O5/c1-30-20-8-3-2-5-14(20)15-12-21(27)24(17-6-4-7-19(26)22(15)17)18-11-13(25(28)29)9-10-16(18)23/h2-3,5,8-11,15H,4,6-7,12H2,1H3. The molecule has 1 atom stereocenters. The second-order valence-electron chi connectivity index (χ2n) is 7.26. The lowest BCUT2D eigenvalue weighted by Gasteiger charge is -2.38. The first-order valence-corrected chi connectivity index (χ1v) is 9.96. The quantitative estimate of drug-likeness (QED) is 0.518. The van der Waals surface area contributed by atoms with Gasteiger partial charge in [0.25, 0.3) is 5.69 Å². The van der Waals surface area contributed by atoms with Gasteiger partial charge in [-0.3, -0.25) is 24.6 Å². The fraction of sp³-hybridized carbons (Fsp3) is 0.273. The molecule has 0 aromatic heterocycles. The predicted molar refractivity (Wildman–Crippen MR) is 112 cm³/mol. The van der Waals surface area contributed by atoms with Crippen molar-refractivity contribution in [1.82, 2.24) is 0 Å². The zero-order chi connectivity index (χ0) is 21.4. The van der Waals surface area contributed by atoms with E-state index in [0.717, 1.165) is 5.56 Å². The van der Waals surface area contributed by atoms with E-state index in [0.29, 0.717) is 36.3 Å². The molecule has 0 bridgehead atoms. The van der Waals surface area contributed by atoms with E-state index in [1.807, 2.05) is 18.2 Å². The molecular weight excluding hydrogens is 408 g/mol. The topological polar surface area (TPSA) is 89.8 Å². The molecule has 0 N–H and O–H groups in total. The molecule has 1 unspecified atom stereocenters. The van der Waals surface area contributed by atoms with Crippen molar-refractivity contribution in [1.29, 1.82) is 0 Å². The number of hydrogen-bond donors (Lipinski definition) is 0. The number of methoxy groups -OCH3 is 1. The molecule has 0 saturated carbocycles. The predicted octanol–water partition coefficient (Wildman–Crippen LogP) is 4.78. The number of carbonyl (C=O) groups is 2. The van der Waals surface area contributed by atoms with E-state index in [9.17, 15) is 19.7 Å². The summed E-state index contributed by atoms with van der Waals surface area (Å²) >= 11 is 6.32. The number of ether oxygens (including phenoxy) is 1. The SMILES string of the molecule is COc1ccccc1C1CC(=O)N(c2cc([N+](=O)[O-])ccc2Cl)C2=C1C(=O)CCC2. The third-order valence-corrected chi connectivity index (χ3v) is 5.89. The molecule has 1 aliphatic carbocycles. The second kappa shape index (κ2) is 7.91. The highest BCUT2D eigenvalue weighted by Crippen LogP contribution is 2.46. The molecule has 0 fully saturated rings. The number of nitrogens with zero attached hydrogens (tertiary/aromatic N) is 2. The summed E-state index contributed by atoms with van der Waals surface area (Å²) in [4.78, 5) is 38.4. The Morgan fingerprint density at radius 2 is 1.93 bits per heavy atom. The molecule has 2 aliphatic rings. The molecule has 1 aliphatic heterocycles. The van der Waals surface area contributed by atoms with Crippen LogP contribution in [0.4, 0.5) is 11.4 Å². The Labute approximate surface area is 178 Å². The van der Waals surface area contributed by atoms with Gasteiger partial charge in [-0.2, -0.15) is 0 Å². The van der Waals surface area contributed by atoms with Gasteiger partial charge in [0.2, 0.25) is 5.91 Å². The fourth-order valence-electron chi connectivity index (χ4n) is 4.28. The van der Waals surface area contributed by atoms with Crippen molar-refractivity contribution >= 4 is 34.7 Å². The number of non-ortho nitro benzene ring substituents is 1. The van der Waals surface area contributed by atoms with Crippen LogP contribution in [0.3, 0.4) is 0 Å². The molecule has 0 spiro atoms. The molecule has 0 radical (unpaired) electrons. The maximum atomic E-state index is 13.3. The molecule has 1 amide bonds. The lowest BCUT2D eigenvalue weighted by molar-refractivity contribution is -0.384. The second-order valence-corrected chi connectivity index (χ2v) is 7.66. The van der Waals surface area contributed by atoms with Gasteiger partial charge in [-0.15, -0.1) is 0 Å². The first kappa shape index (κ1) is 20.1. The minimum absolute atomic E-state index is 0.0220. The number of benzene rings is 2. The number of amides is 1. The molecule has 2 aromatic carbocycles. The fourth-order valence-corrected chi connectivity index (χ4v) is 4.48. The van der Waals surface area contributed by atoms with Crippen molar-refractivity contribution in [2.24, 2.45) is 0 Å². The number of allylic oxidation sites excluding steroid dienone is 2. The highest BCUT2D eigenvalue weighted by molar-refractivity contribution is 6.34. The number of para-hydroxylation sites is 1. The molecule has 4 rings (SSSR count). The minimum atomic E-state index is -0.535. The maximum Gasteiger partial charge on any atom is 0.271 e. The Morgan fingerprint density at radius 1 is 1.17 bits per heavy atom. The van der Waals surface area contributed by atoms with Crippen LogP contribution < -0.4 is 9.64 Å². The number of Topliss-reactive ketones (excluding diaryl/α,β-unsaturated/α-hetero) is 1. The lowest BCUT2D eigenvalue weighted by Crippen LogP contribution is -2.40. The highest BCUT2D eigenvalue weighted by Gasteiger charge is 2.41. The van der Waals surface area contributed by atoms with Crippen LogP contribution in [0.5, 0.6) is 5.75 Å². The molecular formula is C22H19ClN2O5. The number of ketones is 1. The first-order chi connectivity index (χ1) is 14.4. The van der Waals surface area contributed by atoms with Crippen LogP contribution in [0.25, 0.3) is 0 Å². The molecule has 2 aromatic rings. The molecule has 30 heavy (non-hydrogen) atoms. The van der Waals surface area contributed by atoms with Crippen LogP contribution in [0.2, 0.25) is 5.02 Å². The van der Waals surface area contributed by atoms with Gasteiger partial charge in [-0.05, 0) is 25.0 Å². The average molecular weight is 427 g/mol. The number of rotatable bonds is 4. The van der Waals surface area contributed by atoms with Crippen LogP contribution in [0, 0.1) is 10.1 Å². The first-order valence-electron chi connectivity index (χ1n) is 9.58. The zero-order valence-corrected chi connectivity index (χ0v) is 17.0. The van der Waals surface area contributed by atoms with E-state index >= 15 is 0 Å². The summed E-state index contributed by atoms with van der Waals surface area (Å²) < 4.78 is 5.47. The van der Waals surface area contributed by atoms with Crippen LogP contribution in [0.15, 0.2) is 53.7 Å². The van der Waals surface area contributed by atoms with Crippen molar-refractivity contribution in [3.8, 4) is 5.75 Å². The summed E-state index contributed by atoms with van der Waals surface area (Å²) in [5.74, 6) is -0.0968. The molecule has 7 nitrogen and oxygen atoms in total. The monoisotopic (exact) mass is 426 g/mol. The van der Waals surface area contributed by atoms with Gasteiger partial charge in [0.1, 0.15) is 5.75 Å². The van der Waals surface area contributed by atoms with Crippen molar-refractivity contribution < 1.29 is 19.2 Å². The van der Waals surface area contributed by atoms with E-state index in [1.54, 1.807) is 13.2 Å². The van der Waals surface area contributed by atoms with Gasteiger partial charge >= 0.3 is 0 Å². The van der Waals surface area contributed by atoms with Gasteiger partial charge in [0.05, 0.1) is 22.7 Å². The Hall–Kier alpha value is -3.19. The van der Waals surface area contributed by atoms with E-state index < -0.39 is 10.8 Å². The van der Waals surface area contributed by atoms with Crippen molar-refractivity contribution in [2.75, 3.05) is 12.0 Å². The third-order valence-electron chi connectivity index (χ3n) is 5.57. The Kier molecular flexibility index (Phi) is 5.30. The van der Waals surface area contributed by atoms with Gasteiger partial charge in [0, 0.05) is 47.7 Å².